The molecule has 4 nitrogen and oxygen atoms in total. The Morgan fingerprint density at radius 1 is 1.44 bits per heavy atom. The molecular weight excluding hydrogens is 270 g/mol. The number of nitrogens with one attached hydrogen (secondary N) is 1. The standard InChI is InChI=1S/C12H12ClN3OS/c1-6-7(2)18-12(15-6)16-11(17)8-4-3-5-9(13)10(8)14/h3-5H,14H2,1-2H3,(H,15,16,17). The SMILES string of the molecule is Cc1nc(NC(=O)c2cccc(Cl)c2N)sc1C. The zero-order chi connectivity index (χ0) is 13.3. The second kappa shape index (κ2) is 4.96. The van der Waals surface area contributed by atoms with E-state index in [2.05, 4.69) is 10.3 Å². The van der Waals surface area contributed by atoms with Crippen LogP contribution in [0, 0.1) is 13.8 Å². The zero-order valence-electron chi connectivity index (χ0n) is 9.95. The molecule has 1 aromatic carbocycles. The molecule has 3 N–H and O–H groups in total. The molecule has 0 aliphatic rings. The van der Waals surface area contributed by atoms with E-state index < -0.39 is 0 Å². The Morgan fingerprint density at radius 3 is 2.78 bits per heavy atom. The molecule has 0 spiro atoms. The van der Waals surface area contributed by atoms with Crippen LogP contribution in [-0.4, -0.2) is 10.9 Å². The molecule has 18 heavy (non-hydrogen) atoms. The van der Waals surface area contributed by atoms with Gasteiger partial charge in [-0.05, 0) is 26.0 Å². The summed E-state index contributed by atoms with van der Waals surface area (Å²) >= 11 is 7.30. The van der Waals surface area contributed by atoms with Gasteiger partial charge >= 0.3 is 0 Å². The van der Waals surface area contributed by atoms with Crippen LogP contribution in [0.2, 0.25) is 5.02 Å². The molecule has 1 heterocycles. The number of benzene rings is 1. The molecule has 94 valence electrons. The lowest BCUT2D eigenvalue weighted by molar-refractivity contribution is 0.102. The number of hydrogen-bond donors (Lipinski definition) is 2. The van der Waals surface area contributed by atoms with Crippen molar-refractivity contribution in [1.29, 1.82) is 0 Å². The van der Waals surface area contributed by atoms with Gasteiger partial charge in [0.25, 0.3) is 5.91 Å². The summed E-state index contributed by atoms with van der Waals surface area (Å²) in [7, 11) is 0. The van der Waals surface area contributed by atoms with E-state index in [1.807, 2.05) is 13.8 Å². The first-order chi connectivity index (χ1) is 8.49. The average molecular weight is 282 g/mol. The minimum atomic E-state index is -0.302. The van der Waals surface area contributed by atoms with Gasteiger partial charge in [0.05, 0.1) is 22.0 Å². The molecule has 0 unspecified atom stereocenters. The number of nitrogens with zero attached hydrogens (tertiary/aromatic N) is 1. The van der Waals surface area contributed by atoms with E-state index in [0.29, 0.717) is 15.7 Å². The Balaban J connectivity index is 2.24. The fourth-order valence-electron chi connectivity index (χ4n) is 1.43. The fraction of sp³-hybridized carbons (Fsp3) is 0.167. The number of nitrogens with two attached hydrogens (primary N) is 1. The molecule has 2 aromatic rings. The second-order valence-electron chi connectivity index (χ2n) is 3.82. The van der Waals surface area contributed by atoms with Gasteiger partial charge in [0.1, 0.15) is 0 Å². The van der Waals surface area contributed by atoms with Crippen molar-refractivity contribution in [2.45, 2.75) is 13.8 Å². The van der Waals surface area contributed by atoms with Gasteiger partial charge in [0.2, 0.25) is 0 Å². The van der Waals surface area contributed by atoms with E-state index in [1.54, 1.807) is 18.2 Å². The second-order valence-corrected chi connectivity index (χ2v) is 5.43. The Bertz CT molecular complexity index is 590. The third kappa shape index (κ3) is 2.47. The first-order valence-electron chi connectivity index (χ1n) is 5.28. The van der Waals surface area contributed by atoms with Gasteiger partial charge in [-0.1, -0.05) is 17.7 Å². The van der Waals surface area contributed by atoms with E-state index in [4.69, 9.17) is 17.3 Å². The maximum atomic E-state index is 12.0. The van der Waals surface area contributed by atoms with Gasteiger partial charge in [-0.3, -0.25) is 10.1 Å². The lowest BCUT2D eigenvalue weighted by Crippen LogP contribution is -2.14. The first kappa shape index (κ1) is 12.9. The van der Waals surface area contributed by atoms with Crippen molar-refractivity contribution in [3.63, 3.8) is 0 Å². The van der Waals surface area contributed by atoms with Crippen LogP contribution in [0.4, 0.5) is 10.8 Å². The summed E-state index contributed by atoms with van der Waals surface area (Å²) in [5, 5.41) is 3.65. The number of hydrogen-bond acceptors (Lipinski definition) is 4. The van der Waals surface area contributed by atoms with E-state index in [0.717, 1.165) is 10.6 Å². The van der Waals surface area contributed by atoms with Gasteiger partial charge in [0, 0.05) is 4.88 Å². The molecule has 0 saturated heterocycles. The number of halogens is 1. The molecule has 6 heteroatoms. The topological polar surface area (TPSA) is 68.0 Å². The minimum absolute atomic E-state index is 0.279. The highest BCUT2D eigenvalue weighted by Gasteiger charge is 2.14. The van der Waals surface area contributed by atoms with E-state index >= 15 is 0 Å². The van der Waals surface area contributed by atoms with Gasteiger partial charge in [-0.15, -0.1) is 11.3 Å². The highest BCUT2D eigenvalue weighted by Crippen LogP contribution is 2.25. The van der Waals surface area contributed by atoms with Crippen molar-refractivity contribution in [2.75, 3.05) is 11.1 Å². The van der Waals surface area contributed by atoms with Crippen LogP contribution in [-0.2, 0) is 0 Å². The summed E-state index contributed by atoms with van der Waals surface area (Å²) in [4.78, 5) is 17.3. The van der Waals surface area contributed by atoms with Crippen LogP contribution in [0.5, 0.6) is 0 Å². The number of aryl methyl sites for hydroxylation is 2. The Morgan fingerprint density at radius 2 is 2.17 bits per heavy atom. The average Bonchev–Trinajstić information content (AvgIpc) is 2.61. The molecule has 1 amide bonds. The highest BCUT2D eigenvalue weighted by atomic mass is 35.5. The molecule has 0 aliphatic carbocycles. The molecule has 2 rings (SSSR count). The summed E-state index contributed by atoms with van der Waals surface area (Å²) in [6, 6.07) is 4.96. The van der Waals surface area contributed by atoms with Crippen LogP contribution in [0.15, 0.2) is 18.2 Å². The first-order valence-corrected chi connectivity index (χ1v) is 6.48. The van der Waals surface area contributed by atoms with Crippen molar-refractivity contribution in [3.05, 3.63) is 39.4 Å². The number of anilines is 2. The summed E-state index contributed by atoms with van der Waals surface area (Å²) < 4.78 is 0. The molecule has 0 radical (unpaired) electrons. The lowest BCUT2D eigenvalue weighted by atomic mass is 10.1. The van der Waals surface area contributed by atoms with Crippen LogP contribution >= 0.6 is 22.9 Å². The quantitative estimate of drug-likeness (QED) is 0.830. The van der Waals surface area contributed by atoms with Gasteiger partial charge in [-0.2, -0.15) is 0 Å². The molecule has 0 bridgehead atoms. The van der Waals surface area contributed by atoms with Crippen LogP contribution in [0.25, 0.3) is 0 Å². The predicted molar refractivity (Wildman–Crippen MR) is 75.4 cm³/mol. The maximum absolute atomic E-state index is 12.0. The van der Waals surface area contributed by atoms with Crippen LogP contribution in [0.3, 0.4) is 0 Å². The molecule has 1 aromatic heterocycles. The fourth-order valence-corrected chi connectivity index (χ4v) is 2.41. The summed E-state index contributed by atoms with van der Waals surface area (Å²) in [6.45, 7) is 3.85. The summed E-state index contributed by atoms with van der Waals surface area (Å²) in [5.41, 5.74) is 7.31. The Labute approximate surface area is 114 Å². The Hall–Kier alpha value is -1.59. The number of rotatable bonds is 2. The van der Waals surface area contributed by atoms with Gasteiger partial charge < -0.3 is 5.73 Å². The minimum Gasteiger partial charge on any atom is -0.397 e. The number of carbonyl (C=O) groups excluding carboxylic acids is 1. The van der Waals surface area contributed by atoms with Crippen molar-refractivity contribution in [1.82, 2.24) is 4.98 Å². The van der Waals surface area contributed by atoms with Crippen LogP contribution in [0.1, 0.15) is 20.9 Å². The number of thiazole rings is 1. The molecular formula is C12H12ClN3OS. The molecule has 0 atom stereocenters. The summed E-state index contributed by atoms with van der Waals surface area (Å²) in [6.07, 6.45) is 0. The molecule has 0 fully saturated rings. The maximum Gasteiger partial charge on any atom is 0.259 e. The zero-order valence-corrected chi connectivity index (χ0v) is 11.5. The van der Waals surface area contributed by atoms with E-state index in [1.165, 1.54) is 11.3 Å². The molecule has 0 saturated carbocycles. The van der Waals surface area contributed by atoms with Gasteiger partial charge in [0.15, 0.2) is 5.13 Å². The smallest absolute Gasteiger partial charge is 0.259 e. The van der Waals surface area contributed by atoms with Crippen molar-refractivity contribution in [2.24, 2.45) is 0 Å². The largest absolute Gasteiger partial charge is 0.397 e. The van der Waals surface area contributed by atoms with Crippen LogP contribution < -0.4 is 11.1 Å². The van der Waals surface area contributed by atoms with E-state index in [-0.39, 0.29) is 11.6 Å². The highest BCUT2D eigenvalue weighted by molar-refractivity contribution is 7.15. The number of aromatic nitrogens is 1. The summed E-state index contributed by atoms with van der Waals surface area (Å²) in [5.74, 6) is -0.302. The third-order valence-electron chi connectivity index (χ3n) is 2.55. The van der Waals surface area contributed by atoms with Crippen molar-refractivity contribution in [3.8, 4) is 0 Å². The van der Waals surface area contributed by atoms with E-state index in [9.17, 15) is 4.79 Å². The predicted octanol–water partition coefficient (Wildman–Crippen LogP) is 3.25. The monoisotopic (exact) mass is 281 g/mol. The number of para-hydroxylation sites is 1. The number of carbonyl (C=O) groups is 1. The molecule has 0 aliphatic heterocycles. The van der Waals surface area contributed by atoms with Crippen molar-refractivity contribution >= 4 is 39.7 Å². The van der Waals surface area contributed by atoms with Crippen molar-refractivity contribution < 1.29 is 4.79 Å². The number of amides is 1. The lowest BCUT2D eigenvalue weighted by Gasteiger charge is -2.06. The normalized spacial score (nSPS) is 10.4. The third-order valence-corrected chi connectivity index (χ3v) is 3.86. The Kier molecular flexibility index (Phi) is 3.54. The van der Waals surface area contributed by atoms with Gasteiger partial charge in [-0.25, -0.2) is 4.98 Å². The number of nitrogen functional groups attached to an aromatic ring is 1.